The van der Waals surface area contributed by atoms with E-state index >= 15 is 0 Å². The summed E-state index contributed by atoms with van der Waals surface area (Å²) in [7, 11) is -0.694. The predicted molar refractivity (Wildman–Crippen MR) is 524 cm³/mol. The van der Waals surface area contributed by atoms with Crippen molar-refractivity contribution in [3.05, 3.63) is 416 Å². The van der Waals surface area contributed by atoms with Gasteiger partial charge in [0.05, 0.1) is 33.1 Å². The molecule has 9 heterocycles. The van der Waals surface area contributed by atoms with Gasteiger partial charge in [0.15, 0.2) is 21.9 Å². The average Bonchev–Trinajstić information content (AvgIpc) is 1.57. The molecule has 0 unspecified atom stereocenters. The second-order valence-electron chi connectivity index (χ2n) is 30.7. The van der Waals surface area contributed by atoms with Crippen LogP contribution in [0.15, 0.2) is 414 Å². The zero-order valence-corrected chi connectivity index (χ0v) is 70.7. The average molecular weight is 1730 g/mol. The van der Waals surface area contributed by atoms with Gasteiger partial charge in [0.1, 0.15) is 69.4 Å². The van der Waals surface area contributed by atoms with Crippen LogP contribution in [-0.4, -0.2) is 73.5 Å². The Morgan fingerprint density at radius 3 is 1.00 bits per heavy atom. The normalized spacial score (nSPS) is 11.3. The van der Waals surface area contributed by atoms with Gasteiger partial charge in [-0.2, -0.15) is 0 Å². The summed E-state index contributed by atoms with van der Waals surface area (Å²) in [5.74, 6) is 0.599. The molecule has 0 aliphatic rings. The number of halogens is 3. The topological polar surface area (TPSA) is 201 Å². The molecule has 25 aromatic rings. The Morgan fingerprint density at radius 1 is 0.271 bits per heavy atom. The molecule has 0 bridgehead atoms. The van der Waals surface area contributed by atoms with E-state index in [1.54, 1.807) is 43.0 Å². The van der Waals surface area contributed by atoms with Crippen molar-refractivity contribution < 1.29 is 33.0 Å². The van der Waals surface area contributed by atoms with Gasteiger partial charge in [-0.05, 0) is 160 Å². The molecule has 1 radical (unpaired) electrons. The van der Waals surface area contributed by atoms with Crippen molar-refractivity contribution in [2.24, 2.45) is 0 Å². The Hall–Kier alpha value is -15.8. The Bertz CT molecular complexity index is 8360. The maximum absolute atomic E-state index is 8.94. The van der Waals surface area contributed by atoms with Crippen LogP contribution in [0.3, 0.4) is 0 Å². The molecule has 0 fully saturated rings. The van der Waals surface area contributed by atoms with Gasteiger partial charge in [-0.15, -0.1) is 0 Å². The highest BCUT2D eigenvalue weighted by Gasteiger charge is 2.23. The van der Waals surface area contributed by atoms with Crippen molar-refractivity contribution in [2.45, 2.75) is 0 Å². The summed E-state index contributed by atoms with van der Waals surface area (Å²) in [6, 6.07) is 129. The number of benzene rings is 16. The maximum atomic E-state index is 8.94. The molecule has 615 valence electrons. The van der Waals surface area contributed by atoms with Crippen LogP contribution >= 0.6 is 34.8 Å². The molecule has 0 aliphatic carbocycles. The molecule has 21 heteroatoms. The summed E-state index contributed by atoms with van der Waals surface area (Å²) in [5.41, 5.74) is 27.3. The lowest BCUT2D eigenvalue weighted by molar-refractivity contribution is 0.425. The van der Waals surface area contributed by atoms with E-state index in [0.29, 0.717) is 61.9 Å². The Balaban J connectivity index is 0.000000104. The SMILES string of the molecule is Clc1ccc2oc3c(-c4cccc(-n5c6ccccc6c6ccccc65)c4)ncnc3c2c1.Clc1ccc2oc3c(Cl)ncnc3c2c1.OB(O)c1ccc(-c2ccccc2)cc1.O[B]Oc1cccc(-n2c3ccccc3c3ccccc32)c1.c1ccc(-c2ccc(-c3ccc4oc5c(-c6cccc(-n7c8ccccc8c8ccccc87)c6)ncnc5c4c3)cc2)cc1. The van der Waals surface area contributed by atoms with E-state index in [4.69, 9.17) is 72.8 Å². The molecule has 25 rings (SSSR count). The molecule has 0 spiro atoms. The summed E-state index contributed by atoms with van der Waals surface area (Å²) in [6.07, 6.45) is 4.63. The van der Waals surface area contributed by atoms with Crippen molar-refractivity contribution in [1.82, 2.24) is 43.6 Å². The first kappa shape index (κ1) is 80.4. The summed E-state index contributed by atoms with van der Waals surface area (Å²) < 4.78 is 30.0. The highest BCUT2D eigenvalue weighted by Crippen LogP contribution is 2.42. The number of aromatic nitrogens is 9. The molecule has 0 saturated heterocycles. The maximum Gasteiger partial charge on any atom is 0.569 e. The van der Waals surface area contributed by atoms with Crippen molar-refractivity contribution >= 4 is 187 Å². The molecule has 0 aliphatic heterocycles. The minimum atomic E-state index is -1.39. The standard InChI is InChI=1S/C40H25N3O.C28H16ClN3O.C18H13BNO2.C12H11BO2.C10H4Cl2N2O/c1-2-9-26(10-3-1)27-17-19-28(20-18-27)29-21-22-37-34(24-29)39-40(44-37)38(41-25-42-39)30-11-8-12-31(23-30)43-35-15-6-4-13-32(35)33-14-5-7-16-36(33)43;29-18-12-13-25-22(15-18)27-28(33-25)26(30-16-31-27)17-6-5-7-19(14-17)32-23-10-3-1-8-20(23)21-9-2-4-11-24(21)32;21-19-22-14-7-5-6-13(12-14)20-17-10-3-1-8-15(17)16-9-2-4-11-18(16)20;14-13(15)12-8-6-11(7-9-12)10-4-2-1-3-5-10;11-5-1-2-7-6(3-5)8-9(15-7)10(12)14-4-13-8/h1-25H;1-16H;1-12,21H;1-9,14-15H;1-4H. The first-order valence-corrected chi connectivity index (χ1v) is 42.7. The smallest absolute Gasteiger partial charge is 0.537 e. The molecule has 16 nitrogen and oxygen atoms in total. The van der Waals surface area contributed by atoms with Gasteiger partial charge in [0.25, 0.3) is 0 Å². The van der Waals surface area contributed by atoms with Crippen LogP contribution in [-0.2, 0) is 0 Å². The third-order valence-corrected chi connectivity index (χ3v) is 23.8. The number of rotatable bonds is 11. The lowest BCUT2D eigenvalue weighted by Crippen LogP contribution is -2.29. The Morgan fingerprint density at radius 2 is 0.589 bits per heavy atom. The van der Waals surface area contributed by atoms with E-state index in [1.165, 1.54) is 71.8 Å². The number of nitrogens with zero attached hydrogens (tertiary/aromatic N) is 9. The second kappa shape index (κ2) is 35.0. The highest BCUT2D eigenvalue weighted by molar-refractivity contribution is 6.58. The third kappa shape index (κ3) is 15.5. The number of fused-ring (bicyclic) bond motifs is 18. The number of furan rings is 3. The number of hydrogen-bond donors (Lipinski definition) is 3. The molecule has 0 amide bonds. The first-order chi connectivity index (χ1) is 63.5. The monoisotopic (exact) mass is 1730 g/mol. The molecule has 3 N–H and O–H groups in total. The van der Waals surface area contributed by atoms with Crippen molar-refractivity contribution in [3.63, 3.8) is 0 Å². The molecule has 129 heavy (non-hydrogen) atoms. The van der Waals surface area contributed by atoms with Crippen molar-refractivity contribution in [2.75, 3.05) is 0 Å². The summed E-state index contributed by atoms with van der Waals surface area (Å²) in [5, 5.41) is 38.4. The van der Waals surface area contributed by atoms with Crippen LogP contribution in [0.1, 0.15) is 0 Å². The van der Waals surface area contributed by atoms with Crippen molar-refractivity contribution in [3.8, 4) is 78.7 Å². The van der Waals surface area contributed by atoms with Gasteiger partial charge in [0, 0.05) is 92.8 Å². The highest BCUT2D eigenvalue weighted by atomic mass is 35.5. The van der Waals surface area contributed by atoms with Gasteiger partial charge in [0.2, 0.25) is 0 Å². The van der Waals surface area contributed by atoms with Gasteiger partial charge in [-0.3, -0.25) is 0 Å². The molecule has 9 aromatic heterocycles. The lowest BCUT2D eigenvalue weighted by Gasteiger charge is -2.10. The van der Waals surface area contributed by atoms with Gasteiger partial charge in [-0.1, -0.05) is 290 Å². The lowest BCUT2D eigenvalue weighted by atomic mass is 9.80. The third-order valence-electron chi connectivity index (χ3n) is 23.0. The fourth-order valence-corrected chi connectivity index (χ4v) is 17.7. The van der Waals surface area contributed by atoms with E-state index in [1.807, 2.05) is 109 Å². The zero-order chi connectivity index (χ0) is 87.0. The zero-order valence-electron chi connectivity index (χ0n) is 68.4. The number of para-hydroxylation sites is 6. The van der Waals surface area contributed by atoms with Crippen LogP contribution in [0.4, 0.5) is 0 Å². The van der Waals surface area contributed by atoms with E-state index in [9.17, 15) is 0 Å². The first-order valence-electron chi connectivity index (χ1n) is 41.6. The van der Waals surface area contributed by atoms with E-state index in [0.717, 1.165) is 111 Å². The van der Waals surface area contributed by atoms with Crippen LogP contribution in [0.2, 0.25) is 15.2 Å². The molecule has 16 aromatic carbocycles. The minimum absolute atomic E-state index is 0.312. The van der Waals surface area contributed by atoms with Gasteiger partial charge in [-0.25, -0.2) is 29.9 Å². The number of hydrogen-bond acceptors (Lipinski definition) is 13. The fraction of sp³-hybridized carbons (Fsp3) is 0. The van der Waals surface area contributed by atoms with E-state index in [2.05, 4.69) is 281 Å². The van der Waals surface area contributed by atoms with Crippen LogP contribution < -0.4 is 10.1 Å². The fourth-order valence-electron chi connectivity index (χ4n) is 17.1. The van der Waals surface area contributed by atoms with E-state index < -0.39 is 7.12 Å². The molecule has 0 atom stereocenters. The van der Waals surface area contributed by atoms with Crippen LogP contribution in [0.5, 0.6) is 5.75 Å². The molecular weight excluding hydrogens is 1660 g/mol. The molecular formula is C108H69B2Cl3N9O7. The Kier molecular flexibility index (Phi) is 21.8. The van der Waals surface area contributed by atoms with Crippen LogP contribution in [0.25, 0.3) is 205 Å². The van der Waals surface area contributed by atoms with Crippen molar-refractivity contribution in [1.29, 1.82) is 0 Å². The Labute approximate surface area is 753 Å². The van der Waals surface area contributed by atoms with Gasteiger partial charge >= 0.3 is 14.8 Å². The van der Waals surface area contributed by atoms with E-state index in [-0.39, 0.29) is 0 Å². The molecule has 0 saturated carbocycles. The summed E-state index contributed by atoms with van der Waals surface area (Å²) in [6.45, 7) is 0. The van der Waals surface area contributed by atoms with Gasteiger partial charge < -0.3 is 46.7 Å². The largest absolute Gasteiger partial charge is 0.569 e. The second-order valence-corrected chi connectivity index (χ2v) is 31.9. The predicted octanol–water partition coefficient (Wildman–Crippen LogP) is 26.7. The minimum Gasteiger partial charge on any atom is -0.537 e. The van der Waals surface area contributed by atoms with Crippen LogP contribution in [0, 0.1) is 0 Å². The quantitative estimate of drug-likeness (QED) is 0.0816. The summed E-state index contributed by atoms with van der Waals surface area (Å²) >= 11 is 18.0. The summed E-state index contributed by atoms with van der Waals surface area (Å²) in [4.78, 5) is 26.5.